The van der Waals surface area contributed by atoms with Gasteiger partial charge in [0.1, 0.15) is 12.4 Å². The van der Waals surface area contributed by atoms with E-state index in [1.54, 1.807) is 19.1 Å². The molecule has 20 heavy (non-hydrogen) atoms. The molecular formula is C15H23NO3S. The predicted octanol–water partition coefficient (Wildman–Crippen LogP) is 3.11. The average molecular weight is 297 g/mol. The lowest BCUT2D eigenvalue weighted by Crippen LogP contribution is -2.15. The lowest BCUT2D eigenvalue weighted by molar-refractivity contribution is 0.355. The van der Waals surface area contributed by atoms with Crippen molar-refractivity contribution in [3.8, 4) is 5.75 Å². The fourth-order valence-electron chi connectivity index (χ4n) is 1.86. The molecule has 0 aliphatic carbocycles. The number of hydrogen-bond acceptors (Lipinski definition) is 3. The minimum Gasteiger partial charge on any atom is -0.489 e. The number of sulfonamides is 1. The van der Waals surface area contributed by atoms with E-state index < -0.39 is 10.0 Å². The summed E-state index contributed by atoms with van der Waals surface area (Å²) in [6.07, 6.45) is 1.98. The fourth-order valence-corrected chi connectivity index (χ4v) is 2.66. The molecule has 5 heteroatoms. The van der Waals surface area contributed by atoms with Crippen LogP contribution in [0, 0.1) is 6.92 Å². The van der Waals surface area contributed by atoms with Crippen molar-refractivity contribution in [1.82, 2.24) is 0 Å². The van der Waals surface area contributed by atoms with Gasteiger partial charge in [-0.05, 0) is 56.0 Å². The van der Waals surface area contributed by atoms with Crippen molar-refractivity contribution in [2.24, 2.45) is 5.14 Å². The van der Waals surface area contributed by atoms with E-state index in [4.69, 9.17) is 9.88 Å². The molecule has 112 valence electrons. The number of rotatable bonds is 5. The Hall–Kier alpha value is -1.33. The summed E-state index contributed by atoms with van der Waals surface area (Å²) < 4.78 is 28.9. The molecule has 2 N–H and O–H groups in total. The van der Waals surface area contributed by atoms with Gasteiger partial charge in [0.25, 0.3) is 0 Å². The first-order valence-electron chi connectivity index (χ1n) is 6.56. The number of nitrogens with two attached hydrogens (primary N) is 1. The van der Waals surface area contributed by atoms with Crippen molar-refractivity contribution < 1.29 is 13.2 Å². The lowest BCUT2D eigenvalue weighted by Gasteiger charge is -2.16. The second-order valence-electron chi connectivity index (χ2n) is 5.45. The van der Waals surface area contributed by atoms with Crippen LogP contribution in [-0.4, -0.2) is 15.0 Å². The summed E-state index contributed by atoms with van der Waals surface area (Å²) in [6, 6.07) is 3.36. The number of aryl methyl sites for hydroxylation is 1. The van der Waals surface area contributed by atoms with Gasteiger partial charge in [0.15, 0.2) is 0 Å². The lowest BCUT2D eigenvalue weighted by atomic mass is 10.0. The molecule has 1 aromatic carbocycles. The zero-order valence-corrected chi connectivity index (χ0v) is 13.5. The maximum atomic E-state index is 11.6. The first kappa shape index (κ1) is 16.7. The second-order valence-corrected chi connectivity index (χ2v) is 6.98. The molecule has 0 amide bonds. The van der Waals surface area contributed by atoms with Crippen LogP contribution in [0.5, 0.6) is 5.75 Å². The van der Waals surface area contributed by atoms with Crippen LogP contribution < -0.4 is 9.88 Å². The Balaban J connectivity index is 3.25. The minimum absolute atomic E-state index is 0.151. The normalized spacial score (nSPS) is 11.6. The standard InChI is InChI=1S/C15H23NO3S/c1-10(2)6-7-19-14-8-12(5)15(20(16,17)18)9-13(14)11(3)4/h6,8-9,11H,7H2,1-5H3,(H2,16,17,18). The first-order chi connectivity index (χ1) is 9.12. The largest absolute Gasteiger partial charge is 0.489 e. The highest BCUT2D eigenvalue weighted by atomic mass is 32.2. The van der Waals surface area contributed by atoms with Gasteiger partial charge in [0, 0.05) is 0 Å². The summed E-state index contributed by atoms with van der Waals surface area (Å²) in [4.78, 5) is 0.163. The summed E-state index contributed by atoms with van der Waals surface area (Å²) >= 11 is 0. The zero-order valence-electron chi connectivity index (χ0n) is 12.7. The SMILES string of the molecule is CC(C)=CCOc1cc(C)c(S(N)(=O)=O)cc1C(C)C. The van der Waals surface area contributed by atoms with Gasteiger partial charge in [-0.2, -0.15) is 0 Å². The molecule has 4 nitrogen and oxygen atoms in total. The van der Waals surface area contributed by atoms with Crippen molar-refractivity contribution in [2.45, 2.75) is 45.4 Å². The van der Waals surface area contributed by atoms with E-state index in [2.05, 4.69) is 0 Å². The van der Waals surface area contributed by atoms with Crippen LogP contribution in [0.3, 0.4) is 0 Å². The quantitative estimate of drug-likeness (QED) is 0.849. The van der Waals surface area contributed by atoms with Crippen molar-refractivity contribution in [1.29, 1.82) is 0 Å². The van der Waals surface area contributed by atoms with Crippen LogP contribution in [-0.2, 0) is 10.0 Å². The van der Waals surface area contributed by atoms with Crippen LogP contribution in [0.1, 0.15) is 44.7 Å². The van der Waals surface area contributed by atoms with E-state index in [0.717, 1.165) is 5.56 Å². The number of ether oxygens (including phenoxy) is 1. The Bertz CT molecular complexity index is 612. The van der Waals surface area contributed by atoms with E-state index in [1.807, 2.05) is 33.8 Å². The summed E-state index contributed by atoms with van der Waals surface area (Å²) in [5.41, 5.74) is 2.62. The van der Waals surface area contributed by atoms with Gasteiger partial charge < -0.3 is 4.74 Å². The summed E-state index contributed by atoms with van der Waals surface area (Å²) in [6.45, 7) is 10.2. The molecule has 0 aliphatic heterocycles. The third kappa shape index (κ3) is 4.35. The first-order valence-corrected chi connectivity index (χ1v) is 8.11. The molecule has 0 aromatic heterocycles. The average Bonchev–Trinajstić information content (AvgIpc) is 2.26. The molecule has 0 atom stereocenters. The maximum absolute atomic E-state index is 11.6. The Morgan fingerprint density at radius 3 is 2.40 bits per heavy atom. The van der Waals surface area contributed by atoms with Crippen LogP contribution in [0.15, 0.2) is 28.7 Å². The van der Waals surface area contributed by atoms with Gasteiger partial charge in [0.05, 0.1) is 4.90 Å². The molecule has 0 radical (unpaired) electrons. The van der Waals surface area contributed by atoms with Crippen LogP contribution >= 0.6 is 0 Å². The van der Waals surface area contributed by atoms with Crippen molar-refractivity contribution >= 4 is 10.0 Å². The third-order valence-corrected chi connectivity index (χ3v) is 4.02. The number of allylic oxidation sites excluding steroid dienone is 1. The second kappa shape index (κ2) is 6.41. The Labute approximate surface area is 121 Å². The Morgan fingerprint density at radius 1 is 1.35 bits per heavy atom. The molecule has 0 unspecified atom stereocenters. The zero-order chi connectivity index (χ0) is 15.5. The molecular weight excluding hydrogens is 274 g/mol. The van der Waals surface area contributed by atoms with Crippen molar-refractivity contribution in [3.63, 3.8) is 0 Å². The Morgan fingerprint density at radius 2 is 1.95 bits per heavy atom. The van der Waals surface area contributed by atoms with E-state index in [0.29, 0.717) is 17.9 Å². The van der Waals surface area contributed by atoms with Gasteiger partial charge in [-0.3, -0.25) is 0 Å². The summed E-state index contributed by atoms with van der Waals surface area (Å²) in [7, 11) is -3.71. The molecule has 0 bridgehead atoms. The van der Waals surface area contributed by atoms with E-state index in [-0.39, 0.29) is 10.8 Å². The van der Waals surface area contributed by atoms with E-state index in [9.17, 15) is 8.42 Å². The van der Waals surface area contributed by atoms with Crippen LogP contribution in [0.25, 0.3) is 0 Å². The van der Waals surface area contributed by atoms with Crippen LogP contribution in [0.4, 0.5) is 0 Å². The highest BCUT2D eigenvalue weighted by Gasteiger charge is 2.17. The maximum Gasteiger partial charge on any atom is 0.238 e. The molecule has 0 fully saturated rings. The van der Waals surface area contributed by atoms with Crippen molar-refractivity contribution in [2.75, 3.05) is 6.61 Å². The topological polar surface area (TPSA) is 69.4 Å². The van der Waals surface area contributed by atoms with Gasteiger partial charge >= 0.3 is 0 Å². The molecule has 1 aromatic rings. The van der Waals surface area contributed by atoms with Gasteiger partial charge in [0.2, 0.25) is 10.0 Å². The fraction of sp³-hybridized carbons (Fsp3) is 0.467. The minimum atomic E-state index is -3.71. The highest BCUT2D eigenvalue weighted by Crippen LogP contribution is 2.31. The molecule has 0 saturated heterocycles. The molecule has 0 spiro atoms. The van der Waals surface area contributed by atoms with Gasteiger partial charge in [-0.1, -0.05) is 19.4 Å². The van der Waals surface area contributed by atoms with Gasteiger partial charge in [-0.15, -0.1) is 0 Å². The molecule has 0 saturated carbocycles. The number of hydrogen-bond donors (Lipinski definition) is 1. The van der Waals surface area contributed by atoms with Gasteiger partial charge in [-0.25, -0.2) is 13.6 Å². The smallest absolute Gasteiger partial charge is 0.238 e. The molecule has 1 rings (SSSR count). The number of benzene rings is 1. The third-order valence-electron chi connectivity index (χ3n) is 2.97. The van der Waals surface area contributed by atoms with Crippen LogP contribution in [0.2, 0.25) is 0 Å². The highest BCUT2D eigenvalue weighted by molar-refractivity contribution is 7.89. The predicted molar refractivity (Wildman–Crippen MR) is 81.6 cm³/mol. The number of primary sulfonamides is 1. The summed E-state index contributed by atoms with van der Waals surface area (Å²) in [5, 5.41) is 5.24. The van der Waals surface area contributed by atoms with Crippen molar-refractivity contribution in [3.05, 3.63) is 34.9 Å². The molecule has 0 heterocycles. The van der Waals surface area contributed by atoms with E-state index >= 15 is 0 Å². The van der Waals surface area contributed by atoms with E-state index in [1.165, 1.54) is 5.57 Å². The molecule has 0 aliphatic rings. The summed E-state index contributed by atoms with van der Waals surface area (Å²) in [5.74, 6) is 0.861. The monoisotopic (exact) mass is 297 g/mol. The Kier molecular flexibility index (Phi) is 5.36.